The Kier molecular flexibility index (Phi) is 2.59. The van der Waals surface area contributed by atoms with Gasteiger partial charge in [0.2, 0.25) is 5.76 Å². The quantitative estimate of drug-likeness (QED) is 0.831. The Morgan fingerprint density at radius 2 is 2.06 bits per heavy atom. The van der Waals surface area contributed by atoms with Gasteiger partial charge in [-0.15, -0.1) is 0 Å². The number of carbonyl (C=O) groups is 1. The zero-order valence-electron chi connectivity index (χ0n) is 9.39. The Hall–Kier alpha value is -2.30. The lowest BCUT2D eigenvalue weighted by Crippen LogP contribution is -1.92. The van der Waals surface area contributed by atoms with Gasteiger partial charge in [-0.25, -0.2) is 4.79 Å². The Bertz CT molecular complexity index is 586. The summed E-state index contributed by atoms with van der Waals surface area (Å²) in [5.74, 6) is -1.38. The Morgan fingerprint density at radius 3 is 2.65 bits per heavy atom. The highest BCUT2D eigenvalue weighted by molar-refractivity contribution is 5.86. The molecule has 17 heavy (non-hydrogen) atoms. The van der Waals surface area contributed by atoms with E-state index in [9.17, 15) is 9.90 Å². The third-order valence-corrected chi connectivity index (χ3v) is 2.69. The predicted molar refractivity (Wildman–Crippen MR) is 60.0 cm³/mol. The number of phenols is 1. The molecule has 0 aliphatic heterocycles. The van der Waals surface area contributed by atoms with Crippen molar-refractivity contribution in [2.24, 2.45) is 0 Å². The molecule has 0 fully saturated rings. The maximum absolute atomic E-state index is 10.7. The van der Waals surface area contributed by atoms with Gasteiger partial charge in [0.05, 0.1) is 0 Å². The standard InChI is InChI=1S/C12H11NO4/c1-6-3-4-9(14)11(7(6)2)8-5-10(12(15)16)17-13-8/h3-5,14H,1-2H3,(H,15,16). The van der Waals surface area contributed by atoms with Gasteiger partial charge in [0.25, 0.3) is 0 Å². The van der Waals surface area contributed by atoms with Crippen molar-refractivity contribution < 1.29 is 19.5 Å². The first-order valence-electron chi connectivity index (χ1n) is 5.00. The minimum absolute atomic E-state index is 0.0540. The highest BCUT2D eigenvalue weighted by Crippen LogP contribution is 2.33. The number of nitrogens with zero attached hydrogens (tertiary/aromatic N) is 1. The molecule has 2 N–H and O–H groups in total. The largest absolute Gasteiger partial charge is 0.507 e. The molecule has 1 aromatic carbocycles. The monoisotopic (exact) mass is 233 g/mol. The predicted octanol–water partition coefficient (Wildman–Crippen LogP) is 2.36. The fourth-order valence-electron chi connectivity index (χ4n) is 1.62. The second-order valence-corrected chi connectivity index (χ2v) is 3.78. The SMILES string of the molecule is Cc1ccc(O)c(-c2cc(C(=O)O)on2)c1C. The third-order valence-electron chi connectivity index (χ3n) is 2.69. The topological polar surface area (TPSA) is 83.6 Å². The lowest BCUT2D eigenvalue weighted by molar-refractivity contribution is 0.0652. The summed E-state index contributed by atoms with van der Waals surface area (Å²) in [5, 5.41) is 22.2. The number of rotatable bonds is 2. The Morgan fingerprint density at radius 1 is 1.35 bits per heavy atom. The van der Waals surface area contributed by atoms with Crippen molar-refractivity contribution in [1.29, 1.82) is 0 Å². The van der Waals surface area contributed by atoms with Crippen LogP contribution in [0.2, 0.25) is 0 Å². The van der Waals surface area contributed by atoms with Crippen LogP contribution in [0.5, 0.6) is 5.75 Å². The number of carboxylic acid groups (broad SMARTS) is 1. The number of benzene rings is 1. The Balaban J connectivity index is 2.60. The van der Waals surface area contributed by atoms with Gasteiger partial charge in [-0.2, -0.15) is 0 Å². The van der Waals surface area contributed by atoms with Gasteiger partial charge in [-0.1, -0.05) is 11.2 Å². The average Bonchev–Trinajstić information content (AvgIpc) is 2.73. The number of aromatic hydroxyl groups is 1. The second-order valence-electron chi connectivity index (χ2n) is 3.78. The first kappa shape index (κ1) is 11.2. The number of carboxylic acids is 1. The number of aromatic nitrogens is 1. The van der Waals surface area contributed by atoms with Crippen LogP contribution in [-0.2, 0) is 0 Å². The molecule has 0 radical (unpaired) electrons. The van der Waals surface area contributed by atoms with E-state index in [2.05, 4.69) is 9.68 Å². The van der Waals surface area contributed by atoms with Gasteiger partial charge in [0.1, 0.15) is 11.4 Å². The molecule has 88 valence electrons. The zero-order valence-corrected chi connectivity index (χ0v) is 9.39. The molecule has 1 heterocycles. The molecule has 0 atom stereocenters. The van der Waals surface area contributed by atoms with Crippen molar-refractivity contribution in [3.8, 4) is 17.0 Å². The molecule has 0 aliphatic carbocycles. The highest BCUT2D eigenvalue weighted by Gasteiger charge is 2.17. The van der Waals surface area contributed by atoms with Crippen LogP contribution in [0.15, 0.2) is 22.7 Å². The van der Waals surface area contributed by atoms with Crippen molar-refractivity contribution in [1.82, 2.24) is 5.16 Å². The van der Waals surface area contributed by atoms with Gasteiger partial charge in [-0.3, -0.25) is 0 Å². The fraction of sp³-hybridized carbons (Fsp3) is 0.167. The number of phenolic OH excluding ortho intramolecular Hbond substituents is 1. The van der Waals surface area contributed by atoms with E-state index in [1.165, 1.54) is 6.07 Å². The molecule has 0 saturated carbocycles. The number of hydrogen-bond acceptors (Lipinski definition) is 4. The summed E-state index contributed by atoms with van der Waals surface area (Å²) >= 11 is 0. The maximum Gasteiger partial charge on any atom is 0.374 e. The number of aryl methyl sites for hydroxylation is 1. The first-order chi connectivity index (χ1) is 8.00. The van der Waals surface area contributed by atoms with E-state index in [1.807, 2.05) is 13.8 Å². The van der Waals surface area contributed by atoms with E-state index in [0.29, 0.717) is 11.3 Å². The smallest absolute Gasteiger partial charge is 0.374 e. The van der Waals surface area contributed by atoms with Gasteiger partial charge in [0.15, 0.2) is 0 Å². The van der Waals surface area contributed by atoms with Crippen molar-refractivity contribution >= 4 is 5.97 Å². The van der Waals surface area contributed by atoms with Crippen LogP contribution in [0.25, 0.3) is 11.3 Å². The van der Waals surface area contributed by atoms with E-state index < -0.39 is 5.97 Å². The summed E-state index contributed by atoms with van der Waals surface area (Å²) in [5.41, 5.74) is 2.65. The van der Waals surface area contributed by atoms with E-state index >= 15 is 0 Å². The van der Waals surface area contributed by atoms with Crippen molar-refractivity contribution in [2.75, 3.05) is 0 Å². The minimum atomic E-state index is -1.19. The fourth-order valence-corrected chi connectivity index (χ4v) is 1.62. The average molecular weight is 233 g/mol. The summed E-state index contributed by atoms with van der Waals surface area (Å²) in [6.07, 6.45) is 0. The van der Waals surface area contributed by atoms with Crippen molar-refractivity contribution in [2.45, 2.75) is 13.8 Å². The van der Waals surface area contributed by atoms with Crippen LogP contribution in [0, 0.1) is 13.8 Å². The molecule has 0 amide bonds. The van der Waals surface area contributed by atoms with Gasteiger partial charge >= 0.3 is 5.97 Å². The van der Waals surface area contributed by atoms with Crippen LogP contribution in [0.4, 0.5) is 0 Å². The summed E-state index contributed by atoms with van der Waals surface area (Å²) in [6.45, 7) is 3.73. The molecule has 0 bridgehead atoms. The molecule has 2 aromatic rings. The molecule has 5 nitrogen and oxygen atoms in total. The molecule has 2 rings (SSSR count). The summed E-state index contributed by atoms with van der Waals surface area (Å²) < 4.78 is 4.67. The molecular weight excluding hydrogens is 222 g/mol. The summed E-state index contributed by atoms with van der Waals surface area (Å²) in [6, 6.07) is 4.63. The molecule has 0 saturated heterocycles. The van der Waals surface area contributed by atoms with Gasteiger partial charge in [0, 0.05) is 11.6 Å². The third kappa shape index (κ3) is 1.87. The van der Waals surface area contributed by atoms with E-state index in [1.54, 1.807) is 12.1 Å². The van der Waals surface area contributed by atoms with Crippen LogP contribution in [-0.4, -0.2) is 21.3 Å². The normalized spacial score (nSPS) is 10.5. The molecular formula is C12H11NO4. The minimum Gasteiger partial charge on any atom is -0.507 e. The van der Waals surface area contributed by atoms with Crippen LogP contribution >= 0.6 is 0 Å². The van der Waals surface area contributed by atoms with Crippen LogP contribution < -0.4 is 0 Å². The number of hydrogen-bond donors (Lipinski definition) is 2. The molecule has 0 aliphatic rings. The van der Waals surface area contributed by atoms with Crippen molar-refractivity contribution in [3.63, 3.8) is 0 Å². The molecule has 0 spiro atoms. The molecule has 0 unspecified atom stereocenters. The lowest BCUT2D eigenvalue weighted by Gasteiger charge is -2.07. The summed E-state index contributed by atoms with van der Waals surface area (Å²) in [4.78, 5) is 10.7. The van der Waals surface area contributed by atoms with E-state index in [0.717, 1.165) is 11.1 Å². The van der Waals surface area contributed by atoms with Crippen molar-refractivity contribution in [3.05, 3.63) is 35.1 Å². The number of aromatic carboxylic acids is 1. The van der Waals surface area contributed by atoms with Crippen LogP contribution in [0.3, 0.4) is 0 Å². The lowest BCUT2D eigenvalue weighted by atomic mass is 10.00. The zero-order chi connectivity index (χ0) is 12.6. The van der Waals surface area contributed by atoms with E-state index in [-0.39, 0.29) is 11.5 Å². The molecule has 5 heteroatoms. The Labute approximate surface area is 97.3 Å². The maximum atomic E-state index is 10.7. The van der Waals surface area contributed by atoms with Gasteiger partial charge < -0.3 is 14.7 Å². The van der Waals surface area contributed by atoms with Crippen LogP contribution in [0.1, 0.15) is 21.7 Å². The summed E-state index contributed by atoms with van der Waals surface area (Å²) in [7, 11) is 0. The second kappa shape index (κ2) is 3.93. The highest BCUT2D eigenvalue weighted by atomic mass is 16.5. The first-order valence-corrected chi connectivity index (χ1v) is 5.00. The van der Waals surface area contributed by atoms with Gasteiger partial charge in [-0.05, 0) is 31.0 Å². The molecule has 1 aromatic heterocycles. The van der Waals surface area contributed by atoms with E-state index in [4.69, 9.17) is 5.11 Å².